The number of benzene rings is 2. The molecular weight excluding hydrogens is 446 g/mol. The second-order valence-corrected chi connectivity index (χ2v) is 8.30. The zero-order valence-corrected chi connectivity index (χ0v) is 17.6. The van der Waals surface area contributed by atoms with Gasteiger partial charge in [0.1, 0.15) is 0 Å². The lowest BCUT2D eigenvalue weighted by molar-refractivity contribution is -0.385. The molecule has 0 radical (unpaired) electrons. The lowest BCUT2D eigenvalue weighted by Gasteiger charge is -2.06. The standard InChI is InChI=1S/C19H14BrN3O4S/c1-9-4-13-14(5-10(9)2)22-18(24)16(28-19(22)21-13)7-11-6-12(20)8-15(23(25)26)17(11)27-3/h4-8H,1-3H3/b16-7-. The van der Waals surface area contributed by atoms with Crippen molar-refractivity contribution in [3.63, 3.8) is 0 Å². The first-order chi connectivity index (χ1) is 13.3. The van der Waals surface area contributed by atoms with E-state index < -0.39 is 4.92 Å². The predicted molar refractivity (Wildman–Crippen MR) is 112 cm³/mol. The van der Waals surface area contributed by atoms with Crippen LogP contribution in [0.2, 0.25) is 0 Å². The highest BCUT2D eigenvalue weighted by atomic mass is 79.9. The van der Waals surface area contributed by atoms with Gasteiger partial charge in [-0.2, -0.15) is 0 Å². The predicted octanol–water partition coefficient (Wildman–Crippen LogP) is 3.75. The fourth-order valence-electron chi connectivity index (χ4n) is 3.12. The molecule has 0 saturated carbocycles. The van der Waals surface area contributed by atoms with Crippen molar-refractivity contribution in [2.75, 3.05) is 7.11 Å². The van der Waals surface area contributed by atoms with E-state index in [-0.39, 0.29) is 17.0 Å². The summed E-state index contributed by atoms with van der Waals surface area (Å²) in [6.45, 7) is 4.00. The second-order valence-electron chi connectivity index (χ2n) is 6.38. The Morgan fingerprint density at radius 2 is 1.96 bits per heavy atom. The quantitative estimate of drug-likeness (QED) is 0.343. The van der Waals surface area contributed by atoms with E-state index in [1.54, 1.807) is 16.5 Å². The van der Waals surface area contributed by atoms with E-state index in [4.69, 9.17) is 4.74 Å². The number of aryl methyl sites for hydroxylation is 2. The minimum absolute atomic E-state index is 0.106. The number of aromatic nitrogens is 2. The van der Waals surface area contributed by atoms with E-state index >= 15 is 0 Å². The van der Waals surface area contributed by atoms with Crippen LogP contribution in [0.1, 0.15) is 16.7 Å². The molecule has 0 unspecified atom stereocenters. The van der Waals surface area contributed by atoms with Crippen LogP contribution in [0.25, 0.3) is 22.1 Å². The number of hydrogen-bond acceptors (Lipinski definition) is 6. The summed E-state index contributed by atoms with van der Waals surface area (Å²) < 4.78 is 7.78. The third kappa shape index (κ3) is 2.87. The van der Waals surface area contributed by atoms with E-state index in [0.717, 1.165) is 22.2 Å². The number of nitrogens with zero attached hydrogens (tertiary/aromatic N) is 3. The van der Waals surface area contributed by atoms with Gasteiger partial charge >= 0.3 is 5.69 Å². The number of thiazole rings is 1. The third-order valence-corrected chi connectivity index (χ3v) is 6.03. The van der Waals surface area contributed by atoms with Gasteiger partial charge in [-0.15, -0.1) is 0 Å². The molecule has 142 valence electrons. The van der Waals surface area contributed by atoms with Gasteiger partial charge in [0, 0.05) is 16.1 Å². The molecule has 0 saturated heterocycles. The number of imidazole rings is 1. The first-order valence-corrected chi connectivity index (χ1v) is 9.87. The van der Waals surface area contributed by atoms with Gasteiger partial charge < -0.3 is 4.74 Å². The van der Waals surface area contributed by atoms with Crippen molar-refractivity contribution in [3.8, 4) is 5.75 Å². The molecule has 9 heteroatoms. The molecule has 0 N–H and O–H groups in total. The maximum absolute atomic E-state index is 13.0. The lowest BCUT2D eigenvalue weighted by Crippen LogP contribution is -2.22. The van der Waals surface area contributed by atoms with Crippen molar-refractivity contribution in [1.29, 1.82) is 0 Å². The molecule has 0 spiro atoms. The Balaban J connectivity index is 2.02. The fourth-order valence-corrected chi connectivity index (χ4v) is 4.57. The average molecular weight is 460 g/mol. The van der Waals surface area contributed by atoms with Crippen LogP contribution >= 0.6 is 27.3 Å². The normalized spacial score (nSPS) is 12.2. The number of fused-ring (bicyclic) bond motifs is 3. The van der Waals surface area contributed by atoms with Crippen LogP contribution in [0.3, 0.4) is 0 Å². The molecule has 0 amide bonds. The molecule has 0 bridgehead atoms. The molecule has 2 aromatic carbocycles. The minimum Gasteiger partial charge on any atom is -0.490 e. The van der Waals surface area contributed by atoms with Gasteiger partial charge in [-0.1, -0.05) is 27.3 Å². The molecule has 2 aromatic heterocycles. The third-order valence-electron chi connectivity index (χ3n) is 4.60. The summed E-state index contributed by atoms with van der Waals surface area (Å²) in [5, 5.41) is 11.3. The van der Waals surface area contributed by atoms with Gasteiger partial charge in [0.25, 0.3) is 5.56 Å². The molecule has 7 nitrogen and oxygen atoms in total. The van der Waals surface area contributed by atoms with Crippen molar-refractivity contribution >= 4 is 55.0 Å². The van der Waals surface area contributed by atoms with Crippen LogP contribution in [0, 0.1) is 24.0 Å². The van der Waals surface area contributed by atoms with Gasteiger partial charge in [-0.05, 0) is 49.2 Å². The number of methoxy groups -OCH3 is 1. The highest BCUT2D eigenvalue weighted by molar-refractivity contribution is 9.10. The SMILES string of the molecule is COc1c(/C=c2\sc3nc4cc(C)c(C)cc4n3c2=O)cc(Br)cc1[N+](=O)[O-]. The number of halogens is 1. The van der Waals surface area contributed by atoms with Crippen molar-refractivity contribution in [2.24, 2.45) is 0 Å². The number of rotatable bonds is 3. The second kappa shape index (κ2) is 6.68. The molecule has 0 aliphatic carbocycles. The fraction of sp³-hybridized carbons (Fsp3) is 0.158. The van der Waals surface area contributed by atoms with Crippen LogP contribution < -0.4 is 14.8 Å². The number of nitro groups is 1. The summed E-state index contributed by atoms with van der Waals surface area (Å²) in [7, 11) is 1.37. The number of nitro benzene ring substituents is 1. The van der Waals surface area contributed by atoms with Gasteiger partial charge in [0.2, 0.25) is 5.75 Å². The van der Waals surface area contributed by atoms with Gasteiger partial charge in [-0.25, -0.2) is 9.38 Å². The van der Waals surface area contributed by atoms with E-state index in [2.05, 4.69) is 20.9 Å². The van der Waals surface area contributed by atoms with E-state index in [9.17, 15) is 14.9 Å². The molecule has 0 aliphatic rings. The summed E-state index contributed by atoms with van der Waals surface area (Å²) in [5.41, 5.74) is 3.78. The van der Waals surface area contributed by atoms with Crippen LogP contribution in [0.5, 0.6) is 5.75 Å². The first kappa shape index (κ1) is 18.6. The maximum Gasteiger partial charge on any atom is 0.312 e. The summed E-state index contributed by atoms with van der Waals surface area (Å²) in [6, 6.07) is 6.97. The van der Waals surface area contributed by atoms with E-state index in [1.165, 1.54) is 24.5 Å². The monoisotopic (exact) mass is 459 g/mol. The number of hydrogen-bond donors (Lipinski definition) is 0. The zero-order chi connectivity index (χ0) is 20.2. The Hall–Kier alpha value is -2.78. The zero-order valence-electron chi connectivity index (χ0n) is 15.1. The summed E-state index contributed by atoms with van der Waals surface area (Å²) in [4.78, 5) is 29.0. The Kier molecular flexibility index (Phi) is 4.43. The van der Waals surface area contributed by atoms with Crippen LogP contribution in [0.15, 0.2) is 33.5 Å². The summed E-state index contributed by atoms with van der Waals surface area (Å²) in [6.07, 6.45) is 1.60. The van der Waals surface area contributed by atoms with Crippen molar-refractivity contribution < 1.29 is 9.66 Å². The van der Waals surface area contributed by atoms with E-state index in [0.29, 0.717) is 19.5 Å². The summed E-state index contributed by atoms with van der Waals surface area (Å²) in [5.74, 6) is 0.106. The number of ether oxygens (including phenoxy) is 1. The maximum atomic E-state index is 13.0. The smallest absolute Gasteiger partial charge is 0.312 e. The summed E-state index contributed by atoms with van der Waals surface area (Å²) >= 11 is 4.52. The molecular formula is C19H14BrN3O4S. The Morgan fingerprint density at radius 1 is 1.25 bits per heavy atom. The van der Waals surface area contributed by atoms with Crippen LogP contribution in [-0.2, 0) is 0 Å². The molecule has 0 atom stereocenters. The first-order valence-electron chi connectivity index (χ1n) is 8.26. The largest absolute Gasteiger partial charge is 0.490 e. The molecule has 28 heavy (non-hydrogen) atoms. The molecule has 0 aliphatic heterocycles. The lowest BCUT2D eigenvalue weighted by atomic mass is 10.1. The van der Waals surface area contributed by atoms with Crippen LogP contribution in [0.4, 0.5) is 5.69 Å². The Morgan fingerprint density at radius 3 is 2.64 bits per heavy atom. The van der Waals surface area contributed by atoms with Crippen LogP contribution in [-0.4, -0.2) is 21.4 Å². The Labute approximate surface area is 171 Å². The topological polar surface area (TPSA) is 86.7 Å². The van der Waals surface area contributed by atoms with Crippen molar-refractivity contribution in [1.82, 2.24) is 9.38 Å². The van der Waals surface area contributed by atoms with E-state index in [1.807, 2.05) is 26.0 Å². The van der Waals surface area contributed by atoms with Gasteiger partial charge in [-0.3, -0.25) is 14.9 Å². The van der Waals surface area contributed by atoms with Gasteiger partial charge in [0.05, 0.1) is 27.6 Å². The average Bonchev–Trinajstić information content (AvgIpc) is 3.11. The van der Waals surface area contributed by atoms with Crippen molar-refractivity contribution in [2.45, 2.75) is 13.8 Å². The van der Waals surface area contributed by atoms with Crippen molar-refractivity contribution in [3.05, 3.63) is 70.4 Å². The highest BCUT2D eigenvalue weighted by Gasteiger charge is 2.20. The molecule has 0 fully saturated rings. The molecule has 4 aromatic rings. The highest BCUT2D eigenvalue weighted by Crippen LogP contribution is 2.34. The molecule has 4 rings (SSSR count). The van der Waals surface area contributed by atoms with Gasteiger partial charge in [0.15, 0.2) is 4.96 Å². The Bertz CT molecular complexity index is 1390. The minimum atomic E-state index is -0.515. The molecule has 2 heterocycles.